The minimum atomic E-state index is 0.627. The lowest BCUT2D eigenvalue weighted by atomic mass is 9.92. The maximum atomic E-state index is 9.88. The summed E-state index contributed by atoms with van der Waals surface area (Å²) in [6, 6.07) is 57.3. The molecule has 0 aliphatic heterocycles. The van der Waals surface area contributed by atoms with E-state index in [0.29, 0.717) is 11.4 Å². The van der Waals surface area contributed by atoms with Crippen molar-refractivity contribution in [1.82, 2.24) is 19.9 Å². The van der Waals surface area contributed by atoms with E-state index >= 15 is 0 Å². The SMILES string of the molecule is N#Cc1ccc(-c2nc3ccccc3nc2-c2ccc(-c3nc(-c4ccccc4)cc(-c4ccccc4)n3)c3ccccc23)c2ccccc12. The Balaban J connectivity index is 1.30. The van der Waals surface area contributed by atoms with Crippen LogP contribution in [0.5, 0.6) is 0 Å². The Morgan fingerprint density at radius 2 is 0.800 bits per heavy atom. The molecule has 0 saturated heterocycles. The van der Waals surface area contributed by atoms with Crippen molar-refractivity contribution in [3.63, 3.8) is 0 Å². The third kappa shape index (κ3) is 5.04. The minimum absolute atomic E-state index is 0.627. The molecule has 9 aromatic rings. The molecule has 0 N–H and O–H groups in total. The predicted molar refractivity (Wildman–Crippen MR) is 202 cm³/mol. The van der Waals surface area contributed by atoms with E-state index in [9.17, 15) is 5.26 Å². The molecular weight excluding hydrogens is 611 g/mol. The number of rotatable bonds is 5. The highest BCUT2D eigenvalue weighted by Crippen LogP contribution is 2.41. The second-order valence-electron chi connectivity index (χ2n) is 12.1. The van der Waals surface area contributed by atoms with Crippen molar-refractivity contribution in [3.8, 4) is 62.5 Å². The Hall–Kier alpha value is -7.03. The Morgan fingerprint density at radius 1 is 0.380 bits per heavy atom. The predicted octanol–water partition coefficient (Wildman–Crippen LogP) is 10.9. The molecule has 0 fully saturated rings. The van der Waals surface area contributed by atoms with Gasteiger partial charge in [0.25, 0.3) is 0 Å². The zero-order chi connectivity index (χ0) is 33.4. The van der Waals surface area contributed by atoms with Crippen molar-refractivity contribution in [2.45, 2.75) is 0 Å². The largest absolute Gasteiger partial charge is 0.244 e. The number of nitriles is 1. The first-order chi connectivity index (χ1) is 24.7. The van der Waals surface area contributed by atoms with Crippen molar-refractivity contribution in [3.05, 3.63) is 169 Å². The summed E-state index contributed by atoms with van der Waals surface area (Å²) >= 11 is 0. The van der Waals surface area contributed by atoms with Crippen LogP contribution in [0.2, 0.25) is 0 Å². The van der Waals surface area contributed by atoms with Gasteiger partial charge in [-0.25, -0.2) is 19.9 Å². The van der Waals surface area contributed by atoms with Crippen LogP contribution in [0.15, 0.2) is 164 Å². The molecule has 0 atom stereocenters. The Kier molecular flexibility index (Phi) is 7.11. The Morgan fingerprint density at radius 3 is 1.34 bits per heavy atom. The van der Waals surface area contributed by atoms with Gasteiger partial charge in [-0.2, -0.15) is 5.26 Å². The van der Waals surface area contributed by atoms with Crippen LogP contribution in [0.25, 0.3) is 89.0 Å². The van der Waals surface area contributed by atoms with Gasteiger partial charge in [0, 0.05) is 33.2 Å². The second kappa shape index (κ2) is 12.2. The molecule has 5 nitrogen and oxygen atoms in total. The molecule has 232 valence electrons. The molecule has 0 radical (unpaired) electrons. The molecular formula is C45H27N5. The fraction of sp³-hybridized carbons (Fsp3) is 0. The van der Waals surface area contributed by atoms with E-state index in [2.05, 4.69) is 78.9 Å². The second-order valence-corrected chi connectivity index (χ2v) is 12.1. The lowest BCUT2D eigenvalue weighted by Gasteiger charge is -2.16. The molecule has 5 heteroatoms. The summed E-state index contributed by atoms with van der Waals surface area (Å²) in [5, 5.41) is 13.8. The van der Waals surface area contributed by atoms with Gasteiger partial charge in [-0.05, 0) is 46.5 Å². The Labute approximate surface area is 288 Å². The molecule has 50 heavy (non-hydrogen) atoms. The van der Waals surface area contributed by atoms with Gasteiger partial charge in [-0.3, -0.25) is 0 Å². The molecule has 2 heterocycles. The summed E-state index contributed by atoms with van der Waals surface area (Å²) in [6.07, 6.45) is 0. The van der Waals surface area contributed by atoms with Crippen LogP contribution < -0.4 is 0 Å². The summed E-state index contributed by atoms with van der Waals surface area (Å²) in [5.74, 6) is 0.649. The molecule has 0 aliphatic rings. The molecule has 0 saturated carbocycles. The van der Waals surface area contributed by atoms with E-state index in [1.54, 1.807) is 0 Å². The highest BCUT2D eigenvalue weighted by Gasteiger charge is 2.20. The van der Waals surface area contributed by atoms with Crippen molar-refractivity contribution < 1.29 is 0 Å². The lowest BCUT2D eigenvalue weighted by Crippen LogP contribution is -1.99. The third-order valence-corrected chi connectivity index (χ3v) is 9.16. The maximum absolute atomic E-state index is 9.88. The van der Waals surface area contributed by atoms with Gasteiger partial charge in [-0.15, -0.1) is 0 Å². The van der Waals surface area contributed by atoms with E-state index < -0.39 is 0 Å². The van der Waals surface area contributed by atoms with Crippen LogP contribution in [-0.2, 0) is 0 Å². The summed E-state index contributed by atoms with van der Waals surface area (Å²) in [6.45, 7) is 0. The molecule has 9 rings (SSSR count). The quantitative estimate of drug-likeness (QED) is 0.188. The van der Waals surface area contributed by atoms with E-state index in [1.807, 2.05) is 91.0 Å². The van der Waals surface area contributed by atoms with Crippen LogP contribution in [0.3, 0.4) is 0 Å². The smallest absolute Gasteiger partial charge is 0.161 e. The van der Waals surface area contributed by atoms with Gasteiger partial charge in [0.15, 0.2) is 5.82 Å². The van der Waals surface area contributed by atoms with Crippen molar-refractivity contribution in [2.24, 2.45) is 0 Å². The van der Waals surface area contributed by atoms with Crippen LogP contribution in [0.4, 0.5) is 0 Å². The molecule has 7 aromatic carbocycles. The highest BCUT2D eigenvalue weighted by molar-refractivity contribution is 6.08. The number of aromatic nitrogens is 4. The van der Waals surface area contributed by atoms with Crippen molar-refractivity contribution in [1.29, 1.82) is 5.26 Å². The van der Waals surface area contributed by atoms with E-state index in [-0.39, 0.29) is 0 Å². The first kappa shape index (κ1) is 29.1. The van der Waals surface area contributed by atoms with Crippen molar-refractivity contribution in [2.75, 3.05) is 0 Å². The maximum Gasteiger partial charge on any atom is 0.161 e. The number of para-hydroxylation sites is 2. The summed E-state index contributed by atoms with van der Waals surface area (Å²) in [5.41, 5.74) is 10.3. The van der Waals surface area contributed by atoms with Gasteiger partial charge in [-0.1, -0.05) is 133 Å². The van der Waals surface area contributed by atoms with Gasteiger partial charge in [0.05, 0.1) is 45.4 Å². The number of fused-ring (bicyclic) bond motifs is 3. The van der Waals surface area contributed by atoms with E-state index in [0.717, 1.165) is 83.2 Å². The first-order valence-corrected chi connectivity index (χ1v) is 16.5. The monoisotopic (exact) mass is 637 g/mol. The molecule has 2 aromatic heterocycles. The lowest BCUT2D eigenvalue weighted by molar-refractivity contribution is 1.19. The zero-order valence-electron chi connectivity index (χ0n) is 26.8. The van der Waals surface area contributed by atoms with E-state index in [4.69, 9.17) is 19.9 Å². The number of hydrogen-bond acceptors (Lipinski definition) is 5. The van der Waals surface area contributed by atoms with E-state index in [1.165, 1.54) is 0 Å². The summed E-state index contributed by atoms with van der Waals surface area (Å²) in [4.78, 5) is 20.8. The van der Waals surface area contributed by atoms with Crippen LogP contribution >= 0.6 is 0 Å². The van der Waals surface area contributed by atoms with Crippen molar-refractivity contribution >= 4 is 32.6 Å². The number of hydrogen-bond donors (Lipinski definition) is 0. The third-order valence-electron chi connectivity index (χ3n) is 9.16. The van der Waals surface area contributed by atoms with Crippen LogP contribution in [0, 0.1) is 11.3 Å². The molecule has 0 bridgehead atoms. The van der Waals surface area contributed by atoms with Gasteiger partial charge < -0.3 is 0 Å². The average molecular weight is 638 g/mol. The van der Waals surface area contributed by atoms with Gasteiger partial charge in [0.1, 0.15) is 0 Å². The standard InChI is InChI=1S/C45H27N5/c46-28-31-23-24-36(33-18-8-7-17-32(31)33)43-44(48-40-22-12-11-21-39(40)47-43)37-25-26-38(35-20-10-9-19-34(35)37)45-49-41(29-13-3-1-4-14-29)27-42(50-45)30-15-5-2-6-16-30/h1-27H. The highest BCUT2D eigenvalue weighted by atomic mass is 14.9. The molecule has 0 aliphatic carbocycles. The van der Waals surface area contributed by atoms with Crippen LogP contribution in [-0.4, -0.2) is 19.9 Å². The fourth-order valence-corrected chi connectivity index (χ4v) is 6.76. The molecule has 0 unspecified atom stereocenters. The minimum Gasteiger partial charge on any atom is -0.244 e. The summed E-state index contributed by atoms with van der Waals surface area (Å²) in [7, 11) is 0. The molecule has 0 amide bonds. The Bertz CT molecular complexity index is 2710. The van der Waals surface area contributed by atoms with Gasteiger partial charge >= 0.3 is 0 Å². The molecule has 0 spiro atoms. The normalized spacial score (nSPS) is 11.2. The van der Waals surface area contributed by atoms with Crippen LogP contribution in [0.1, 0.15) is 5.56 Å². The fourth-order valence-electron chi connectivity index (χ4n) is 6.76. The zero-order valence-corrected chi connectivity index (χ0v) is 26.8. The number of benzene rings is 7. The first-order valence-electron chi connectivity index (χ1n) is 16.5. The summed E-state index contributed by atoms with van der Waals surface area (Å²) < 4.78 is 0. The number of nitrogens with zero attached hydrogens (tertiary/aromatic N) is 5. The average Bonchev–Trinajstić information content (AvgIpc) is 3.20. The topological polar surface area (TPSA) is 75.3 Å². The van der Waals surface area contributed by atoms with Gasteiger partial charge in [0.2, 0.25) is 0 Å².